The zero-order valence-corrected chi connectivity index (χ0v) is 16.4. The number of carbonyl (C=O) groups is 3. The molecule has 1 rings (SSSR count). The molecular weight excluding hydrogens is 350 g/mol. The zero-order chi connectivity index (χ0) is 20.4. The highest BCUT2D eigenvalue weighted by Gasteiger charge is 2.21. The lowest BCUT2D eigenvalue weighted by Crippen LogP contribution is -2.36. The van der Waals surface area contributed by atoms with E-state index in [1.54, 1.807) is 6.92 Å². The first-order chi connectivity index (χ1) is 12.7. The highest BCUT2D eigenvalue weighted by Crippen LogP contribution is 2.14. The number of benzene rings is 1. The standard InChI is InChI=1S/C20H29NO6/c1-5-18(22)26-14(4)27-20(25)21-12-17(19(23)24)11-16-8-6-7-15(10-16)9-13(2)3/h6-8,10,13-14,17H,5,9,11-12H2,1-4H3,(H,21,25)(H,23,24)/t14-,17+/m1/s1. The Balaban J connectivity index is 2.58. The third-order valence-electron chi connectivity index (χ3n) is 3.82. The summed E-state index contributed by atoms with van der Waals surface area (Å²) in [6, 6.07) is 7.82. The molecule has 0 fully saturated rings. The van der Waals surface area contributed by atoms with Crippen LogP contribution >= 0.6 is 0 Å². The van der Waals surface area contributed by atoms with Crippen molar-refractivity contribution in [1.29, 1.82) is 0 Å². The van der Waals surface area contributed by atoms with Gasteiger partial charge < -0.3 is 19.9 Å². The minimum Gasteiger partial charge on any atom is -0.481 e. The number of alkyl carbamates (subject to hydrolysis) is 1. The molecule has 2 N–H and O–H groups in total. The molecule has 7 nitrogen and oxygen atoms in total. The third kappa shape index (κ3) is 9.08. The Bertz CT molecular complexity index is 643. The van der Waals surface area contributed by atoms with Crippen molar-refractivity contribution in [3.05, 3.63) is 35.4 Å². The van der Waals surface area contributed by atoms with E-state index in [0.29, 0.717) is 12.3 Å². The molecule has 0 spiro atoms. The molecule has 0 saturated carbocycles. The highest BCUT2D eigenvalue weighted by molar-refractivity contribution is 5.73. The van der Waals surface area contributed by atoms with E-state index in [1.807, 2.05) is 24.3 Å². The van der Waals surface area contributed by atoms with Gasteiger partial charge in [0.25, 0.3) is 0 Å². The minimum atomic E-state index is -1.03. The average molecular weight is 379 g/mol. The monoisotopic (exact) mass is 379 g/mol. The van der Waals surface area contributed by atoms with E-state index in [4.69, 9.17) is 9.47 Å². The fourth-order valence-corrected chi connectivity index (χ4v) is 2.58. The van der Waals surface area contributed by atoms with Crippen LogP contribution in [0.2, 0.25) is 0 Å². The van der Waals surface area contributed by atoms with Gasteiger partial charge in [0.15, 0.2) is 0 Å². The van der Waals surface area contributed by atoms with Crippen LogP contribution in [0.1, 0.15) is 45.2 Å². The number of hydrogen-bond donors (Lipinski definition) is 2. The molecule has 0 bridgehead atoms. The van der Waals surface area contributed by atoms with Crippen molar-refractivity contribution >= 4 is 18.0 Å². The van der Waals surface area contributed by atoms with Gasteiger partial charge in [-0.2, -0.15) is 0 Å². The normalized spacial score (nSPS) is 12.9. The van der Waals surface area contributed by atoms with E-state index in [-0.39, 0.29) is 13.0 Å². The SMILES string of the molecule is CCC(=O)O[C@@H](C)OC(=O)NC[C@H](Cc1cccc(CC(C)C)c1)C(=O)O. The van der Waals surface area contributed by atoms with Gasteiger partial charge in [-0.05, 0) is 29.9 Å². The first-order valence-corrected chi connectivity index (χ1v) is 9.15. The Morgan fingerprint density at radius 3 is 2.26 bits per heavy atom. The number of aliphatic carboxylic acids is 1. The number of esters is 1. The number of amides is 1. The molecule has 1 aromatic carbocycles. The predicted octanol–water partition coefficient (Wildman–Crippen LogP) is 3.15. The molecule has 27 heavy (non-hydrogen) atoms. The number of carboxylic acids is 1. The van der Waals surface area contributed by atoms with Crippen molar-refractivity contribution in [1.82, 2.24) is 5.32 Å². The molecule has 0 unspecified atom stereocenters. The summed E-state index contributed by atoms with van der Waals surface area (Å²) in [4.78, 5) is 34.4. The molecule has 150 valence electrons. The van der Waals surface area contributed by atoms with Crippen molar-refractivity contribution < 1.29 is 29.0 Å². The first-order valence-electron chi connectivity index (χ1n) is 9.15. The topological polar surface area (TPSA) is 102 Å². The van der Waals surface area contributed by atoms with Crippen LogP contribution in [0.3, 0.4) is 0 Å². The van der Waals surface area contributed by atoms with Gasteiger partial charge in [0.1, 0.15) is 0 Å². The predicted molar refractivity (Wildman–Crippen MR) is 100 cm³/mol. The largest absolute Gasteiger partial charge is 0.481 e. The van der Waals surface area contributed by atoms with Gasteiger partial charge in [0.2, 0.25) is 6.29 Å². The summed E-state index contributed by atoms with van der Waals surface area (Å²) >= 11 is 0. The van der Waals surface area contributed by atoms with Crippen molar-refractivity contribution in [3.8, 4) is 0 Å². The van der Waals surface area contributed by atoms with Gasteiger partial charge in [0.05, 0.1) is 5.92 Å². The molecule has 1 amide bonds. The first kappa shape index (κ1) is 22.5. The average Bonchev–Trinajstić information content (AvgIpc) is 2.57. The molecule has 0 radical (unpaired) electrons. The lowest BCUT2D eigenvalue weighted by atomic mass is 9.95. The van der Waals surface area contributed by atoms with Crippen LogP contribution in [0.25, 0.3) is 0 Å². The summed E-state index contributed by atoms with van der Waals surface area (Å²) in [6.45, 7) is 7.21. The Kier molecular flexibility index (Phi) is 9.33. The van der Waals surface area contributed by atoms with E-state index in [9.17, 15) is 19.5 Å². The van der Waals surface area contributed by atoms with Crippen molar-refractivity contribution in [2.24, 2.45) is 11.8 Å². The van der Waals surface area contributed by atoms with Gasteiger partial charge in [0, 0.05) is 19.9 Å². The van der Waals surface area contributed by atoms with Crippen LogP contribution in [-0.2, 0) is 31.9 Å². The summed E-state index contributed by atoms with van der Waals surface area (Å²) in [6.07, 6.45) is -0.474. The molecular formula is C20H29NO6. The van der Waals surface area contributed by atoms with Crippen molar-refractivity contribution in [2.45, 2.75) is 53.2 Å². The van der Waals surface area contributed by atoms with E-state index in [2.05, 4.69) is 19.2 Å². The number of carbonyl (C=O) groups excluding carboxylic acids is 2. The zero-order valence-electron chi connectivity index (χ0n) is 16.4. The van der Waals surface area contributed by atoms with Crippen LogP contribution in [-0.4, -0.2) is 36.0 Å². The molecule has 0 saturated heterocycles. The molecule has 7 heteroatoms. The van der Waals surface area contributed by atoms with Crippen LogP contribution in [0.15, 0.2) is 24.3 Å². The minimum absolute atomic E-state index is 0.0863. The van der Waals surface area contributed by atoms with E-state index in [1.165, 1.54) is 6.92 Å². The summed E-state index contributed by atoms with van der Waals surface area (Å²) in [7, 11) is 0. The molecule has 2 atom stereocenters. The van der Waals surface area contributed by atoms with E-state index < -0.39 is 30.2 Å². The number of ether oxygens (including phenoxy) is 2. The smallest absolute Gasteiger partial charge is 0.410 e. The number of carboxylic acid groups (broad SMARTS) is 1. The fraction of sp³-hybridized carbons (Fsp3) is 0.550. The van der Waals surface area contributed by atoms with Gasteiger partial charge in [-0.25, -0.2) is 4.79 Å². The quantitative estimate of drug-likeness (QED) is 0.478. The second kappa shape index (κ2) is 11.2. The van der Waals surface area contributed by atoms with Crippen LogP contribution in [0.5, 0.6) is 0 Å². The highest BCUT2D eigenvalue weighted by atomic mass is 16.7. The second-order valence-electron chi connectivity index (χ2n) is 6.85. The summed E-state index contributed by atoms with van der Waals surface area (Å²) < 4.78 is 9.71. The Morgan fingerprint density at radius 1 is 1.07 bits per heavy atom. The lowest BCUT2D eigenvalue weighted by molar-refractivity contribution is -0.164. The van der Waals surface area contributed by atoms with Gasteiger partial charge in [-0.3, -0.25) is 9.59 Å². The molecule has 0 aliphatic rings. The Morgan fingerprint density at radius 2 is 1.70 bits per heavy atom. The molecule has 0 aromatic heterocycles. The molecule has 0 aliphatic carbocycles. The maximum absolute atomic E-state index is 11.8. The lowest BCUT2D eigenvalue weighted by Gasteiger charge is -2.17. The van der Waals surface area contributed by atoms with Crippen molar-refractivity contribution in [3.63, 3.8) is 0 Å². The summed E-state index contributed by atoms with van der Waals surface area (Å²) in [5, 5.41) is 11.9. The van der Waals surface area contributed by atoms with Gasteiger partial charge >= 0.3 is 18.0 Å². The molecule has 0 aliphatic heterocycles. The molecule has 0 heterocycles. The van der Waals surface area contributed by atoms with Gasteiger partial charge in [-0.15, -0.1) is 0 Å². The second-order valence-corrected chi connectivity index (χ2v) is 6.85. The third-order valence-corrected chi connectivity index (χ3v) is 3.82. The van der Waals surface area contributed by atoms with E-state index >= 15 is 0 Å². The maximum atomic E-state index is 11.8. The number of rotatable bonds is 10. The Hall–Kier alpha value is -2.57. The van der Waals surface area contributed by atoms with Crippen LogP contribution < -0.4 is 5.32 Å². The fourth-order valence-electron chi connectivity index (χ4n) is 2.58. The summed E-state index contributed by atoms with van der Waals surface area (Å²) in [5.74, 6) is -1.77. The maximum Gasteiger partial charge on any atom is 0.410 e. The van der Waals surface area contributed by atoms with E-state index in [0.717, 1.165) is 17.5 Å². The Labute approximate surface area is 160 Å². The number of nitrogens with one attached hydrogen (secondary N) is 1. The van der Waals surface area contributed by atoms with Crippen LogP contribution in [0.4, 0.5) is 4.79 Å². The van der Waals surface area contributed by atoms with Crippen LogP contribution in [0, 0.1) is 11.8 Å². The van der Waals surface area contributed by atoms with Gasteiger partial charge in [-0.1, -0.05) is 45.0 Å². The molecule has 1 aromatic rings. The number of hydrogen-bond acceptors (Lipinski definition) is 5. The van der Waals surface area contributed by atoms with Crippen molar-refractivity contribution in [2.75, 3.05) is 6.54 Å². The summed E-state index contributed by atoms with van der Waals surface area (Å²) in [5.41, 5.74) is 2.06.